The summed E-state index contributed by atoms with van der Waals surface area (Å²) in [5.74, 6) is -0.306. The Morgan fingerprint density at radius 1 is 0.964 bits per heavy atom. The van der Waals surface area contributed by atoms with E-state index < -0.39 is 4.92 Å². The van der Waals surface area contributed by atoms with Crippen molar-refractivity contribution in [2.45, 2.75) is 6.42 Å². The van der Waals surface area contributed by atoms with Crippen LogP contribution in [0.15, 0.2) is 66.7 Å². The Morgan fingerprint density at radius 3 is 2.36 bits per heavy atom. The fraction of sp³-hybridized carbons (Fsp3) is 0.0500. The van der Waals surface area contributed by atoms with Crippen LogP contribution in [-0.2, 0) is 11.2 Å². The Balaban J connectivity index is 1.77. The van der Waals surface area contributed by atoms with Crippen LogP contribution < -0.4 is 10.6 Å². The number of amides is 1. The quantitative estimate of drug-likeness (QED) is 0.391. The zero-order chi connectivity index (χ0) is 20.1. The Hall–Kier alpha value is -3.09. The molecule has 0 radical (unpaired) electrons. The first kappa shape index (κ1) is 19.7. The van der Waals surface area contributed by atoms with Gasteiger partial charge in [-0.05, 0) is 29.8 Å². The lowest BCUT2D eigenvalue weighted by molar-refractivity contribution is -0.384. The SMILES string of the molecule is O=C(Cc1ccccc1Nc1c(Cl)cccc1Cl)Nc1cccc([N+](=O)[O-])c1. The lowest BCUT2D eigenvalue weighted by atomic mass is 10.1. The van der Waals surface area contributed by atoms with Crippen LogP contribution in [0.2, 0.25) is 10.0 Å². The van der Waals surface area contributed by atoms with E-state index in [1.165, 1.54) is 18.2 Å². The van der Waals surface area contributed by atoms with E-state index in [1.54, 1.807) is 30.3 Å². The van der Waals surface area contributed by atoms with Gasteiger partial charge in [0, 0.05) is 23.5 Å². The second kappa shape index (κ2) is 8.73. The molecule has 0 heterocycles. The highest BCUT2D eigenvalue weighted by Gasteiger charge is 2.13. The lowest BCUT2D eigenvalue weighted by Gasteiger charge is -2.14. The zero-order valence-electron chi connectivity index (χ0n) is 14.5. The summed E-state index contributed by atoms with van der Waals surface area (Å²) in [5, 5.41) is 17.6. The van der Waals surface area contributed by atoms with Gasteiger partial charge in [-0.25, -0.2) is 0 Å². The van der Waals surface area contributed by atoms with Gasteiger partial charge in [0.1, 0.15) is 0 Å². The van der Waals surface area contributed by atoms with Crippen LogP contribution in [0.25, 0.3) is 0 Å². The number of nitro groups is 1. The number of para-hydroxylation sites is 2. The van der Waals surface area contributed by atoms with Gasteiger partial charge >= 0.3 is 0 Å². The number of anilines is 3. The Morgan fingerprint density at radius 2 is 1.64 bits per heavy atom. The normalized spacial score (nSPS) is 10.4. The smallest absolute Gasteiger partial charge is 0.271 e. The summed E-state index contributed by atoms with van der Waals surface area (Å²) in [5.41, 5.74) is 2.23. The van der Waals surface area contributed by atoms with Gasteiger partial charge in [0.05, 0.1) is 27.1 Å². The standard InChI is InChI=1S/C20H15Cl2N3O3/c21-16-8-4-9-17(22)20(16)24-18-10-2-1-5-13(18)11-19(26)23-14-6-3-7-15(12-14)25(27)28/h1-10,12,24H,11H2,(H,23,26). The number of hydrogen-bond acceptors (Lipinski definition) is 4. The molecular weight excluding hydrogens is 401 g/mol. The van der Waals surface area contributed by atoms with Crippen molar-refractivity contribution in [3.05, 3.63) is 92.5 Å². The molecule has 0 aliphatic heterocycles. The number of non-ortho nitro benzene ring substituents is 1. The van der Waals surface area contributed by atoms with Crippen molar-refractivity contribution >= 4 is 51.9 Å². The number of nitrogens with one attached hydrogen (secondary N) is 2. The molecule has 28 heavy (non-hydrogen) atoms. The summed E-state index contributed by atoms with van der Waals surface area (Å²) in [4.78, 5) is 22.8. The first-order chi connectivity index (χ1) is 13.4. The molecule has 3 rings (SSSR count). The minimum absolute atomic E-state index is 0.0634. The fourth-order valence-electron chi connectivity index (χ4n) is 2.62. The molecule has 6 nitrogen and oxygen atoms in total. The van der Waals surface area contributed by atoms with E-state index in [-0.39, 0.29) is 18.0 Å². The van der Waals surface area contributed by atoms with Crippen molar-refractivity contribution in [1.29, 1.82) is 0 Å². The maximum absolute atomic E-state index is 12.4. The molecular formula is C20H15Cl2N3O3. The second-order valence-corrected chi connectivity index (χ2v) is 6.73. The summed E-state index contributed by atoms with van der Waals surface area (Å²) < 4.78 is 0. The van der Waals surface area contributed by atoms with Gasteiger partial charge in [-0.3, -0.25) is 14.9 Å². The van der Waals surface area contributed by atoms with E-state index >= 15 is 0 Å². The molecule has 0 aliphatic rings. The number of nitrogens with zero attached hydrogens (tertiary/aromatic N) is 1. The number of halogens is 2. The molecule has 0 unspecified atom stereocenters. The number of benzene rings is 3. The van der Waals surface area contributed by atoms with E-state index in [0.717, 1.165) is 5.56 Å². The minimum atomic E-state index is -0.512. The molecule has 0 saturated carbocycles. The topological polar surface area (TPSA) is 84.3 Å². The Labute approximate surface area is 171 Å². The molecule has 142 valence electrons. The molecule has 0 atom stereocenters. The number of nitro benzene ring substituents is 1. The Kier molecular flexibility index (Phi) is 6.13. The van der Waals surface area contributed by atoms with E-state index in [2.05, 4.69) is 10.6 Å². The molecule has 0 saturated heterocycles. The third-order valence-corrected chi connectivity index (χ3v) is 4.56. The second-order valence-electron chi connectivity index (χ2n) is 5.91. The monoisotopic (exact) mass is 415 g/mol. The van der Waals surface area contributed by atoms with Gasteiger partial charge < -0.3 is 10.6 Å². The molecule has 2 N–H and O–H groups in total. The molecule has 3 aromatic carbocycles. The number of carbonyl (C=O) groups excluding carboxylic acids is 1. The van der Waals surface area contributed by atoms with Gasteiger partial charge in [0.25, 0.3) is 5.69 Å². The van der Waals surface area contributed by atoms with Crippen LogP contribution >= 0.6 is 23.2 Å². The van der Waals surface area contributed by atoms with Crippen molar-refractivity contribution in [3.8, 4) is 0 Å². The maximum atomic E-state index is 12.4. The summed E-state index contributed by atoms with van der Waals surface area (Å²) in [6.45, 7) is 0. The molecule has 0 aliphatic carbocycles. The molecule has 0 aromatic heterocycles. The highest BCUT2D eigenvalue weighted by molar-refractivity contribution is 6.39. The third kappa shape index (κ3) is 4.79. The predicted octanol–water partition coefficient (Wildman–Crippen LogP) is 5.83. The summed E-state index contributed by atoms with van der Waals surface area (Å²) >= 11 is 12.4. The van der Waals surface area contributed by atoms with Gasteiger partial charge in [-0.15, -0.1) is 0 Å². The van der Waals surface area contributed by atoms with Crippen molar-refractivity contribution in [1.82, 2.24) is 0 Å². The van der Waals surface area contributed by atoms with E-state index in [4.69, 9.17) is 23.2 Å². The predicted molar refractivity (Wildman–Crippen MR) is 112 cm³/mol. The van der Waals surface area contributed by atoms with Crippen LogP contribution in [0.5, 0.6) is 0 Å². The average molecular weight is 416 g/mol. The average Bonchev–Trinajstić information content (AvgIpc) is 2.66. The number of hydrogen-bond donors (Lipinski definition) is 2. The molecule has 3 aromatic rings. The van der Waals surface area contributed by atoms with Crippen LogP contribution in [0, 0.1) is 10.1 Å². The van der Waals surface area contributed by atoms with Gasteiger partial charge in [-0.1, -0.05) is 53.5 Å². The molecule has 0 fully saturated rings. The van der Waals surface area contributed by atoms with Crippen LogP contribution in [0.4, 0.5) is 22.7 Å². The fourth-order valence-corrected chi connectivity index (χ4v) is 3.12. The van der Waals surface area contributed by atoms with E-state index in [0.29, 0.717) is 27.1 Å². The molecule has 0 spiro atoms. The Bertz CT molecular complexity index is 1020. The number of carbonyl (C=O) groups is 1. The van der Waals surface area contributed by atoms with Crippen LogP contribution in [0.1, 0.15) is 5.56 Å². The molecule has 0 bridgehead atoms. The number of rotatable bonds is 6. The van der Waals surface area contributed by atoms with Gasteiger partial charge in [0.15, 0.2) is 0 Å². The van der Waals surface area contributed by atoms with E-state index in [9.17, 15) is 14.9 Å². The van der Waals surface area contributed by atoms with Crippen LogP contribution in [-0.4, -0.2) is 10.8 Å². The van der Waals surface area contributed by atoms with Crippen molar-refractivity contribution in [2.75, 3.05) is 10.6 Å². The minimum Gasteiger partial charge on any atom is -0.353 e. The highest BCUT2D eigenvalue weighted by atomic mass is 35.5. The van der Waals surface area contributed by atoms with Crippen molar-refractivity contribution in [3.63, 3.8) is 0 Å². The van der Waals surface area contributed by atoms with E-state index in [1.807, 2.05) is 18.2 Å². The van der Waals surface area contributed by atoms with Crippen molar-refractivity contribution < 1.29 is 9.72 Å². The summed E-state index contributed by atoms with van der Waals surface area (Å²) in [6, 6.07) is 18.2. The molecule has 8 heteroatoms. The summed E-state index contributed by atoms with van der Waals surface area (Å²) in [7, 11) is 0. The highest BCUT2D eigenvalue weighted by Crippen LogP contribution is 2.33. The summed E-state index contributed by atoms with van der Waals surface area (Å²) in [6.07, 6.45) is 0.0634. The largest absolute Gasteiger partial charge is 0.353 e. The first-order valence-electron chi connectivity index (χ1n) is 8.27. The molecule has 1 amide bonds. The lowest BCUT2D eigenvalue weighted by Crippen LogP contribution is -2.15. The maximum Gasteiger partial charge on any atom is 0.271 e. The van der Waals surface area contributed by atoms with Gasteiger partial charge in [0.2, 0.25) is 5.91 Å². The third-order valence-electron chi connectivity index (χ3n) is 3.93. The zero-order valence-corrected chi connectivity index (χ0v) is 16.0. The van der Waals surface area contributed by atoms with Crippen LogP contribution in [0.3, 0.4) is 0 Å². The van der Waals surface area contributed by atoms with Crippen molar-refractivity contribution in [2.24, 2.45) is 0 Å². The van der Waals surface area contributed by atoms with Gasteiger partial charge in [-0.2, -0.15) is 0 Å². The first-order valence-corrected chi connectivity index (χ1v) is 9.03.